The summed E-state index contributed by atoms with van der Waals surface area (Å²) < 4.78 is 41.3. The third kappa shape index (κ3) is 3.99. The number of hydrogen-bond donors (Lipinski definition) is 1. The molecule has 4 rings (SSSR count). The maximum absolute atomic E-state index is 11.2. The molecule has 0 saturated carbocycles. The maximum Gasteiger partial charge on any atom is 0.265 e. The van der Waals surface area contributed by atoms with E-state index >= 15 is 0 Å². The van der Waals surface area contributed by atoms with Gasteiger partial charge in [-0.15, -0.1) is 11.3 Å². The van der Waals surface area contributed by atoms with Gasteiger partial charge in [-0.3, -0.25) is 4.55 Å². The van der Waals surface area contributed by atoms with Crippen molar-refractivity contribution in [1.82, 2.24) is 0 Å². The molecule has 0 atom stereocenters. The molecule has 4 aromatic rings. The molecule has 5 nitrogen and oxygen atoms in total. The minimum absolute atomic E-state index is 0.255. The fourth-order valence-electron chi connectivity index (χ4n) is 3.13. The Morgan fingerprint density at radius 2 is 2.11 bits per heavy atom. The number of benzene rings is 1. The summed E-state index contributed by atoms with van der Waals surface area (Å²) in [4.78, 5) is 0. The van der Waals surface area contributed by atoms with E-state index in [1.54, 1.807) is 41.1 Å². The average molecular weight is 453 g/mol. The summed E-state index contributed by atoms with van der Waals surface area (Å²) in [5, 5.41) is 8.22. The smallest absolute Gasteiger partial charge is 0.265 e. The van der Waals surface area contributed by atoms with Gasteiger partial charge in [-0.05, 0) is 39.9 Å². The topological polar surface area (TPSA) is 67.5 Å². The van der Waals surface area contributed by atoms with E-state index in [0.717, 1.165) is 36.6 Å². The van der Waals surface area contributed by atoms with Crippen LogP contribution in [0.25, 0.3) is 32.5 Å². The van der Waals surface area contributed by atoms with Gasteiger partial charge in [-0.2, -0.15) is 24.3 Å². The molecule has 28 heavy (non-hydrogen) atoms. The lowest BCUT2D eigenvalue weighted by Gasteiger charge is -2.02. The zero-order chi connectivity index (χ0) is 19.7. The molecule has 0 aliphatic rings. The van der Waals surface area contributed by atoms with Crippen molar-refractivity contribution in [3.05, 3.63) is 44.9 Å². The van der Waals surface area contributed by atoms with Crippen molar-refractivity contribution < 1.29 is 22.3 Å². The lowest BCUT2D eigenvalue weighted by molar-refractivity contribution is -0.667. The fraction of sp³-hybridized carbons (Fsp3) is 0.211. The molecule has 1 N–H and O–H groups in total. The van der Waals surface area contributed by atoms with Gasteiger partial charge in [-0.25, -0.2) is 0 Å². The van der Waals surface area contributed by atoms with Gasteiger partial charge in [0.1, 0.15) is 15.1 Å². The van der Waals surface area contributed by atoms with Crippen LogP contribution in [-0.2, 0) is 16.7 Å². The Labute approximate surface area is 174 Å². The largest absolute Gasteiger partial charge is 0.496 e. The maximum atomic E-state index is 11.2. The minimum Gasteiger partial charge on any atom is -0.496 e. The molecule has 3 aromatic heterocycles. The summed E-state index contributed by atoms with van der Waals surface area (Å²) in [5.41, 5.74) is 2.21. The molecule has 0 amide bonds. The Hall–Kier alpha value is -1.78. The van der Waals surface area contributed by atoms with Gasteiger partial charge >= 0.3 is 0 Å². The summed E-state index contributed by atoms with van der Waals surface area (Å²) in [5.74, 6) is 0.581. The Kier molecular flexibility index (Phi) is 5.52. The van der Waals surface area contributed by atoms with E-state index < -0.39 is 10.1 Å². The normalized spacial score (nSPS) is 12.5. The number of hydrogen-bond acceptors (Lipinski definition) is 6. The molecule has 9 heteroatoms. The zero-order valence-corrected chi connectivity index (χ0v) is 18.3. The second-order valence-electron chi connectivity index (χ2n) is 6.21. The highest BCUT2D eigenvalue weighted by molar-refractivity contribution is 7.85. The number of aromatic nitrogens is 1. The number of fused-ring (bicyclic) bond motifs is 3. The van der Waals surface area contributed by atoms with Crippen LogP contribution in [0.1, 0.15) is 17.0 Å². The van der Waals surface area contributed by atoms with Crippen LogP contribution in [0.2, 0.25) is 0 Å². The highest BCUT2D eigenvalue weighted by Crippen LogP contribution is 2.38. The third-order valence-corrected chi connectivity index (χ3v) is 7.88. The van der Waals surface area contributed by atoms with E-state index in [-0.39, 0.29) is 5.75 Å². The summed E-state index contributed by atoms with van der Waals surface area (Å²) in [7, 11) is -2.31. The first kappa shape index (κ1) is 19.5. The SMILES string of the molecule is COc1cc2sc(/C=C/c3ccsc3)[n+](CCCS(=O)(=O)O)c2c2sccc12. The van der Waals surface area contributed by atoms with Crippen molar-refractivity contribution in [3.63, 3.8) is 0 Å². The van der Waals surface area contributed by atoms with E-state index in [2.05, 4.69) is 28.2 Å². The Morgan fingerprint density at radius 1 is 1.25 bits per heavy atom. The molecule has 1 aromatic carbocycles. The van der Waals surface area contributed by atoms with Gasteiger partial charge in [0.15, 0.2) is 6.54 Å². The first-order valence-corrected chi connectivity index (χ1v) is 12.8. The van der Waals surface area contributed by atoms with Crippen LogP contribution < -0.4 is 9.30 Å². The van der Waals surface area contributed by atoms with E-state index in [4.69, 9.17) is 9.29 Å². The fourth-order valence-corrected chi connectivity index (χ4v) is 6.42. The van der Waals surface area contributed by atoms with E-state index in [1.165, 1.54) is 0 Å². The van der Waals surface area contributed by atoms with Gasteiger partial charge in [0, 0.05) is 23.9 Å². The lowest BCUT2D eigenvalue weighted by Crippen LogP contribution is -2.36. The van der Waals surface area contributed by atoms with Gasteiger partial charge < -0.3 is 4.74 Å². The summed E-state index contributed by atoms with van der Waals surface area (Å²) in [6.07, 6.45) is 4.46. The van der Waals surface area contributed by atoms with Crippen LogP contribution in [0.3, 0.4) is 0 Å². The molecule has 0 bridgehead atoms. The number of methoxy groups -OCH3 is 1. The molecular weight excluding hydrogens is 434 g/mol. The number of thiophene rings is 2. The first-order chi connectivity index (χ1) is 13.5. The van der Waals surface area contributed by atoms with Gasteiger partial charge in [0.2, 0.25) is 5.52 Å². The molecule has 0 radical (unpaired) electrons. The van der Waals surface area contributed by atoms with Crippen LogP contribution in [0.15, 0.2) is 34.3 Å². The van der Waals surface area contributed by atoms with Crippen LogP contribution in [0.4, 0.5) is 0 Å². The van der Waals surface area contributed by atoms with Crippen molar-refractivity contribution in [1.29, 1.82) is 0 Å². The van der Waals surface area contributed by atoms with Crippen molar-refractivity contribution in [2.45, 2.75) is 13.0 Å². The molecule has 0 saturated heterocycles. The second-order valence-corrected chi connectivity index (χ2v) is 10.5. The molecule has 0 fully saturated rings. The monoisotopic (exact) mass is 452 g/mol. The summed E-state index contributed by atoms with van der Waals surface area (Å²) in [6.45, 7) is 0.502. The zero-order valence-electron chi connectivity index (χ0n) is 15.0. The van der Waals surface area contributed by atoms with Crippen molar-refractivity contribution >= 4 is 76.6 Å². The van der Waals surface area contributed by atoms with Crippen LogP contribution in [0, 0.1) is 0 Å². The highest BCUT2D eigenvalue weighted by Gasteiger charge is 2.24. The standard InChI is InChI=1S/C19H17NO4S4/c1-24-15-11-16-18(19-14(15)6-9-26-19)20(7-2-10-28(21,22)23)17(27-16)4-3-13-5-8-25-12-13/h3-6,8-9,11-12H,2,7,10H2,1H3/p+1/b4-3+. The quantitative estimate of drug-likeness (QED) is 0.319. The first-order valence-electron chi connectivity index (χ1n) is 8.52. The minimum atomic E-state index is -3.98. The summed E-state index contributed by atoms with van der Waals surface area (Å²) >= 11 is 4.93. The van der Waals surface area contributed by atoms with E-state index in [1.807, 2.05) is 22.9 Å². The van der Waals surface area contributed by atoms with Gasteiger partial charge in [-0.1, -0.05) is 11.3 Å². The Balaban J connectivity index is 1.85. The molecule has 0 aliphatic heterocycles. The van der Waals surface area contributed by atoms with Crippen molar-refractivity contribution in [2.24, 2.45) is 0 Å². The highest BCUT2D eigenvalue weighted by atomic mass is 32.2. The molecule has 3 heterocycles. The van der Waals surface area contributed by atoms with Crippen LogP contribution in [0.5, 0.6) is 5.75 Å². The number of thiazole rings is 1. The predicted molar refractivity (Wildman–Crippen MR) is 118 cm³/mol. The third-order valence-electron chi connectivity index (χ3n) is 4.36. The van der Waals surface area contributed by atoms with Gasteiger partial charge in [0.05, 0.1) is 12.9 Å². The Morgan fingerprint density at radius 3 is 2.82 bits per heavy atom. The lowest BCUT2D eigenvalue weighted by atomic mass is 10.2. The second kappa shape index (κ2) is 7.92. The molecule has 0 spiro atoms. The molecule has 0 aliphatic carbocycles. The number of ether oxygens (including phenoxy) is 1. The number of rotatable bonds is 7. The van der Waals surface area contributed by atoms with Crippen molar-refractivity contribution in [2.75, 3.05) is 12.9 Å². The van der Waals surface area contributed by atoms with Crippen LogP contribution >= 0.6 is 34.0 Å². The van der Waals surface area contributed by atoms with Crippen molar-refractivity contribution in [3.8, 4) is 5.75 Å². The average Bonchev–Trinajstić information content (AvgIpc) is 3.37. The molecule has 146 valence electrons. The van der Waals surface area contributed by atoms with E-state index in [9.17, 15) is 8.42 Å². The molecular formula is C19H18NO4S4+. The summed E-state index contributed by atoms with van der Waals surface area (Å²) in [6, 6.07) is 6.13. The Bertz CT molecular complexity index is 1250. The number of nitrogens with zero attached hydrogens (tertiary/aromatic N) is 1. The predicted octanol–water partition coefficient (Wildman–Crippen LogP) is 4.92. The van der Waals surface area contributed by atoms with Crippen LogP contribution in [-0.4, -0.2) is 25.8 Å². The number of aryl methyl sites for hydroxylation is 1. The van der Waals surface area contributed by atoms with Gasteiger partial charge in [0.25, 0.3) is 15.1 Å². The molecule has 0 unspecified atom stereocenters. The van der Waals surface area contributed by atoms with E-state index in [0.29, 0.717) is 13.0 Å².